The Bertz CT molecular complexity index is 438. The van der Waals surface area contributed by atoms with E-state index in [1.54, 1.807) is 0 Å². The first-order valence-electron chi connectivity index (χ1n) is 9.03. The molecule has 0 aromatic heterocycles. The molecule has 0 fully saturated rings. The monoisotopic (exact) mass is 321 g/mol. The number of hydrogen-bond acceptors (Lipinski definition) is 1. The minimum Gasteiger partial charge on any atom is -0.396 e. The highest BCUT2D eigenvalue weighted by Gasteiger charge is 2.31. The molecule has 1 nitrogen and oxygen atoms in total. The molecule has 0 aliphatic rings. The number of halogens is 1. The highest BCUT2D eigenvalue weighted by molar-refractivity contribution is 5.25. The molecule has 23 heavy (non-hydrogen) atoms. The molecule has 1 aromatic rings. The van der Waals surface area contributed by atoms with Crippen LogP contribution in [0.4, 0.5) is 4.39 Å². The van der Waals surface area contributed by atoms with Crippen LogP contribution in [0.2, 0.25) is 0 Å². The zero-order valence-electron chi connectivity index (χ0n) is 15.6. The van der Waals surface area contributed by atoms with Crippen LogP contribution < -0.4 is 0 Å². The molecule has 1 N–H and O–H groups in total. The molecular weight excluding hydrogens is 287 g/mol. The largest absolute Gasteiger partial charge is 0.396 e. The van der Waals surface area contributed by atoms with E-state index in [9.17, 15) is 9.50 Å². The molecule has 0 amide bonds. The number of rotatable bonds is 9. The first kappa shape index (κ1) is 20.2. The van der Waals surface area contributed by atoms with Gasteiger partial charge in [0.15, 0.2) is 0 Å². The van der Waals surface area contributed by atoms with Gasteiger partial charge >= 0.3 is 0 Å². The second-order valence-electron chi connectivity index (χ2n) is 7.54. The van der Waals surface area contributed by atoms with Crippen LogP contribution in [0.1, 0.15) is 59.4 Å². The van der Waals surface area contributed by atoms with Crippen molar-refractivity contribution in [3.05, 3.63) is 42.1 Å². The lowest BCUT2D eigenvalue weighted by Crippen LogP contribution is -2.30. The Labute approximate surface area is 142 Å². The average Bonchev–Trinajstić information content (AvgIpc) is 2.51. The fourth-order valence-electron chi connectivity index (χ4n) is 3.38. The van der Waals surface area contributed by atoms with Crippen molar-refractivity contribution in [1.29, 1.82) is 0 Å². The van der Waals surface area contributed by atoms with E-state index < -0.39 is 0 Å². The Morgan fingerprint density at radius 2 is 1.57 bits per heavy atom. The minimum atomic E-state index is -0.208. The van der Waals surface area contributed by atoms with Gasteiger partial charge in [-0.3, -0.25) is 0 Å². The van der Waals surface area contributed by atoms with Crippen LogP contribution in [-0.2, 0) is 0 Å². The predicted octanol–water partition coefficient (Wildman–Crippen LogP) is 5.70. The Morgan fingerprint density at radius 1 is 1.00 bits per heavy atom. The molecule has 0 saturated carbocycles. The minimum absolute atomic E-state index is 0.158. The van der Waals surface area contributed by atoms with Crippen LogP contribution in [-0.4, -0.2) is 11.7 Å². The van der Waals surface area contributed by atoms with Crippen molar-refractivity contribution in [1.82, 2.24) is 0 Å². The van der Waals surface area contributed by atoms with E-state index in [2.05, 4.69) is 48.0 Å². The van der Waals surface area contributed by atoms with Crippen molar-refractivity contribution >= 4 is 0 Å². The maximum absolute atomic E-state index is 13.3. The van der Waals surface area contributed by atoms with Gasteiger partial charge in [0.25, 0.3) is 0 Å². The molecule has 0 heterocycles. The van der Waals surface area contributed by atoms with Gasteiger partial charge in [-0.2, -0.15) is 0 Å². The number of aliphatic hydroxyl groups is 1. The molecule has 131 valence electrons. The lowest BCUT2D eigenvalue weighted by atomic mass is 9.70. The van der Waals surface area contributed by atoms with Crippen LogP contribution in [0.3, 0.4) is 0 Å². The van der Waals surface area contributed by atoms with Gasteiger partial charge in [-0.15, -0.1) is 0 Å². The standard InChI is InChI=1S/C21H34FO/c1-7-17(15(4)5)12-20(18-8-10-19(22)11-9-18)21(13-23)16(6)14(2)3/h8-12,14-17,20-21,23H,7,13H2,1-6H3. The zero-order chi connectivity index (χ0) is 17.6. The molecule has 1 rings (SSSR count). The van der Waals surface area contributed by atoms with Gasteiger partial charge in [-0.05, 0) is 59.6 Å². The van der Waals surface area contributed by atoms with E-state index in [1.165, 1.54) is 12.1 Å². The van der Waals surface area contributed by atoms with E-state index >= 15 is 0 Å². The van der Waals surface area contributed by atoms with Crippen molar-refractivity contribution in [2.75, 3.05) is 6.61 Å². The van der Waals surface area contributed by atoms with Crippen molar-refractivity contribution in [3.63, 3.8) is 0 Å². The van der Waals surface area contributed by atoms with E-state index in [-0.39, 0.29) is 24.3 Å². The quantitative estimate of drug-likeness (QED) is 0.619. The summed E-state index contributed by atoms with van der Waals surface area (Å²) in [5.41, 5.74) is 1.11. The topological polar surface area (TPSA) is 20.2 Å². The fourth-order valence-corrected chi connectivity index (χ4v) is 3.38. The van der Waals surface area contributed by atoms with E-state index in [0.29, 0.717) is 23.7 Å². The molecule has 2 heteroatoms. The van der Waals surface area contributed by atoms with Gasteiger partial charge in [-0.1, -0.05) is 60.1 Å². The molecule has 1 radical (unpaired) electrons. The third-order valence-corrected chi connectivity index (χ3v) is 5.44. The first-order chi connectivity index (χ1) is 10.8. The van der Waals surface area contributed by atoms with E-state index in [4.69, 9.17) is 0 Å². The van der Waals surface area contributed by atoms with E-state index in [0.717, 1.165) is 12.0 Å². The molecule has 4 unspecified atom stereocenters. The number of benzene rings is 1. The summed E-state index contributed by atoms with van der Waals surface area (Å²) in [5.74, 6) is 2.08. The summed E-state index contributed by atoms with van der Waals surface area (Å²) in [4.78, 5) is 0. The summed E-state index contributed by atoms with van der Waals surface area (Å²) in [6.45, 7) is 13.5. The van der Waals surface area contributed by atoms with Gasteiger partial charge in [0.1, 0.15) is 5.82 Å². The van der Waals surface area contributed by atoms with Crippen molar-refractivity contribution in [2.45, 2.75) is 53.9 Å². The van der Waals surface area contributed by atoms with Crippen LogP contribution in [0.5, 0.6) is 0 Å². The van der Waals surface area contributed by atoms with Crippen molar-refractivity contribution in [3.8, 4) is 0 Å². The SMILES string of the molecule is CCC([CH]C(c1ccc(F)cc1)C(CO)C(C)C(C)C)C(C)C. The second-order valence-corrected chi connectivity index (χ2v) is 7.54. The van der Waals surface area contributed by atoms with Gasteiger partial charge < -0.3 is 5.11 Å². The van der Waals surface area contributed by atoms with Crippen molar-refractivity contribution < 1.29 is 9.50 Å². The van der Waals surface area contributed by atoms with Gasteiger partial charge in [0.05, 0.1) is 0 Å². The Hall–Kier alpha value is -0.890. The van der Waals surface area contributed by atoms with Crippen LogP contribution in [0.15, 0.2) is 24.3 Å². The van der Waals surface area contributed by atoms with E-state index in [1.807, 2.05) is 12.1 Å². The normalized spacial score (nSPS) is 17.3. The Kier molecular flexibility index (Phi) is 8.25. The van der Waals surface area contributed by atoms with Crippen molar-refractivity contribution in [2.24, 2.45) is 29.6 Å². The summed E-state index contributed by atoms with van der Waals surface area (Å²) in [6.07, 6.45) is 3.49. The Morgan fingerprint density at radius 3 is 1.96 bits per heavy atom. The third kappa shape index (κ3) is 5.60. The summed E-state index contributed by atoms with van der Waals surface area (Å²) in [6, 6.07) is 6.81. The van der Waals surface area contributed by atoms with Gasteiger partial charge in [-0.25, -0.2) is 4.39 Å². The van der Waals surface area contributed by atoms with Crippen LogP contribution in [0.25, 0.3) is 0 Å². The number of aliphatic hydroxyl groups excluding tert-OH is 1. The van der Waals surface area contributed by atoms with Gasteiger partial charge in [0.2, 0.25) is 0 Å². The number of hydrogen-bond donors (Lipinski definition) is 1. The fraction of sp³-hybridized carbons (Fsp3) is 0.667. The summed E-state index contributed by atoms with van der Waals surface area (Å²) >= 11 is 0. The molecule has 0 bridgehead atoms. The lowest BCUT2D eigenvalue weighted by Gasteiger charge is -2.36. The highest BCUT2D eigenvalue weighted by Crippen LogP contribution is 2.39. The molecule has 1 aromatic carbocycles. The first-order valence-corrected chi connectivity index (χ1v) is 9.03. The van der Waals surface area contributed by atoms with Crippen LogP contribution >= 0.6 is 0 Å². The molecular formula is C21H34FO. The third-order valence-electron chi connectivity index (χ3n) is 5.44. The van der Waals surface area contributed by atoms with Gasteiger partial charge in [0, 0.05) is 6.61 Å². The summed E-state index contributed by atoms with van der Waals surface area (Å²) in [5, 5.41) is 10.1. The summed E-state index contributed by atoms with van der Waals surface area (Å²) in [7, 11) is 0. The molecule has 0 saturated heterocycles. The zero-order valence-corrected chi connectivity index (χ0v) is 15.6. The predicted molar refractivity (Wildman–Crippen MR) is 96.6 cm³/mol. The molecule has 4 atom stereocenters. The average molecular weight is 322 g/mol. The maximum Gasteiger partial charge on any atom is 0.123 e. The Balaban J connectivity index is 3.15. The highest BCUT2D eigenvalue weighted by atomic mass is 19.1. The smallest absolute Gasteiger partial charge is 0.123 e. The maximum atomic E-state index is 13.3. The van der Waals surface area contributed by atoms with Crippen LogP contribution in [0, 0.1) is 41.8 Å². The molecule has 0 aliphatic carbocycles. The lowest BCUT2D eigenvalue weighted by molar-refractivity contribution is 0.134. The second kappa shape index (κ2) is 9.42. The molecule has 0 aliphatic heterocycles. The summed E-state index contributed by atoms with van der Waals surface area (Å²) < 4.78 is 13.3. The molecule has 0 spiro atoms.